The second-order valence-electron chi connectivity index (χ2n) is 7.80. The van der Waals surface area contributed by atoms with Gasteiger partial charge in [0.1, 0.15) is 0 Å². The molecule has 0 spiro atoms. The maximum Gasteiger partial charge on any atom is 0.241 e. The molecule has 5 heteroatoms. The lowest BCUT2D eigenvalue weighted by Crippen LogP contribution is -2.40. The van der Waals surface area contributed by atoms with Gasteiger partial charge in [-0.25, -0.2) is 0 Å². The first-order chi connectivity index (χ1) is 14.1. The third-order valence-corrected chi connectivity index (χ3v) is 5.47. The molecule has 1 aromatic heterocycles. The molecular weight excluding hydrogens is 362 g/mol. The van der Waals surface area contributed by atoms with Crippen LogP contribution in [0.1, 0.15) is 41.5 Å². The van der Waals surface area contributed by atoms with Crippen molar-refractivity contribution >= 4 is 11.6 Å². The van der Waals surface area contributed by atoms with Crippen molar-refractivity contribution in [1.29, 1.82) is 0 Å². The van der Waals surface area contributed by atoms with Gasteiger partial charge >= 0.3 is 0 Å². The molecule has 0 bridgehead atoms. The Kier molecular flexibility index (Phi) is 5.76. The van der Waals surface area contributed by atoms with Gasteiger partial charge in [-0.05, 0) is 56.5 Å². The molecule has 29 heavy (non-hydrogen) atoms. The summed E-state index contributed by atoms with van der Waals surface area (Å²) >= 11 is 0. The van der Waals surface area contributed by atoms with Gasteiger partial charge in [0.15, 0.2) is 5.76 Å². The molecule has 2 heterocycles. The zero-order chi connectivity index (χ0) is 20.2. The molecular formula is C24H27N3O2. The molecule has 1 aliphatic heterocycles. The number of hydrogen-bond donors (Lipinski definition) is 0. The summed E-state index contributed by atoms with van der Waals surface area (Å²) in [6, 6.07) is 20.4. The zero-order valence-corrected chi connectivity index (χ0v) is 17.0. The van der Waals surface area contributed by atoms with Crippen LogP contribution in [-0.2, 0) is 11.3 Å². The summed E-state index contributed by atoms with van der Waals surface area (Å²) in [5, 5.41) is 4.03. The van der Waals surface area contributed by atoms with E-state index in [1.54, 1.807) is 0 Å². The Hall–Kier alpha value is -2.92. The molecule has 0 radical (unpaired) electrons. The molecule has 2 aromatic carbocycles. The maximum atomic E-state index is 13.4. The molecule has 1 aliphatic rings. The van der Waals surface area contributed by atoms with Gasteiger partial charge in [-0.2, -0.15) is 0 Å². The van der Waals surface area contributed by atoms with Gasteiger partial charge in [-0.3, -0.25) is 9.69 Å². The monoisotopic (exact) mass is 389 g/mol. The van der Waals surface area contributed by atoms with Gasteiger partial charge in [0.05, 0.1) is 24.8 Å². The van der Waals surface area contributed by atoms with Crippen molar-refractivity contribution in [3.8, 4) is 0 Å². The molecule has 0 N–H and O–H groups in total. The number of nitrogens with zero attached hydrogens (tertiary/aromatic N) is 3. The van der Waals surface area contributed by atoms with E-state index >= 15 is 0 Å². The summed E-state index contributed by atoms with van der Waals surface area (Å²) < 4.78 is 5.50. The Morgan fingerprint density at radius 1 is 1.14 bits per heavy atom. The lowest BCUT2D eigenvalue weighted by Gasteiger charge is -2.28. The van der Waals surface area contributed by atoms with Crippen LogP contribution in [0.2, 0.25) is 0 Å². The van der Waals surface area contributed by atoms with Crippen LogP contribution in [0.15, 0.2) is 65.2 Å². The highest BCUT2D eigenvalue weighted by Gasteiger charge is 2.32. The molecule has 1 fully saturated rings. The van der Waals surface area contributed by atoms with Crippen molar-refractivity contribution in [2.75, 3.05) is 18.0 Å². The molecule has 3 aromatic rings. The zero-order valence-electron chi connectivity index (χ0n) is 17.0. The number of aryl methyl sites for hydroxylation is 2. The number of rotatable bonds is 6. The maximum absolute atomic E-state index is 13.4. The molecule has 150 valence electrons. The second kappa shape index (κ2) is 8.62. The average Bonchev–Trinajstić information content (AvgIpc) is 3.35. The Labute approximate surface area is 171 Å². The minimum absolute atomic E-state index is 0.0996. The summed E-state index contributed by atoms with van der Waals surface area (Å²) in [4.78, 5) is 17.5. The van der Waals surface area contributed by atoms with Crippen molar-refractivity contribution in [1.82, 2.24) is 10.1 Å². The highest BCUT2D eigenvalue weighted by molar-refractivity contribution is 5.94. The van der Waals surface area contributed by atoms with Gasteiger partial charge in [0, 0.05) is 11.8 Å². The molecule has 1 amide bonds. The van der Waals surface area contributed by atoms with Crippen LogP contribution in [0.4, 0.5) is 5.69 Å². The Morgan fingerprint density at radius 3 is 2.69 bits per heavy atom. The highest BCUT2D eigenvalue weighted by Crippen LogP contribution is 2.32. The minimum atomic E-state index is 0.0996. The number of carbonyl (C=O) groups is 1. The van der Waals surface area contributed by atoms with Crippen LogP contribution in [0, 0.1) is 13.8 Å². The predicted octanol–water partition coefficient (Wildman–Crippen LogP) is 4.66. The van der Waals surface area contributed by atoms with Gasteiger partial charge in [-0.1, -0.05) is 47.6 Å². The first-order valence-electron chi connectivity index (χ1n) is 10.2. The smallest absolute Gasteiger partial charge is 0.241 e. The van der Waals surface area contributed by atoms with Crippen molar-refractivity contribution in [2.24, 2.45) is 0 Å². The van der Waals surface area contributed by atoms with E-state index in [-0.39, 0.29) is 11.9 Å². The number of carbonyl (C=O) groups excluding carboxylic acids is 1. The van der Waals surface area contributed by atoms with Crippen molar-refractivity contribution in [3.63, 3.8) is 0 Å². The van der Waals surface area contributed by atoms with Gasteiger partial charge in [-0.15, -0.1) is 0 Å². The van der Waals surface area contributed by atoms with Crippen LogP contribution < -0.4 is 4.90 Å². The lowest BCUT2D eigenvalue weighted by molar-refractivity contribution is -0.120. The van der Waals surface area contributed by atoms with Crippen molar-refractivity contribution in [3.05, 3.63) is 83.2 Å². The van der Waals surface area contributed by atoms with Crippen molar-refractivity contribution < 1.29 is 9.32 Å². The molecule has 0 saturated carbocycles. The summed E-state index contributed by atoms with van der Waals surface area (Å²) in [5.41, 5.74) is 4.07. The summed E-state index contributed by atoms with van der Waals surface area (Å²) in [6.45, 7) is 5.80. The topological polar surface area (TPSA) is 49.6 Å². The van der Waals surface area contributed by atoms with E-state index in [0.29, 0.717) is 13.1 Å². The lowest BCUT2D eigenvalue weighted by atomic mass is 10.1. The minimum Gasteiger partial charge on any atom is -0.359 e. The van der Waals surface area contributed by atoms with Crippen LogP contribution in [0.5, 0.6) is 0 Å². The van der Waals surface area contributed by atoms with Gasteiger partial charge in [0.2, 0.25) is 5.91 Å². The number of aromatic nitrogens is 1. The average molecular weight is 389 g/mol. The first-order valence-corrected chi connectivity index (χ1v) is 10.2. The number of anilines is 1. The number of likely N-dealkylation sites (tertiary alicyclic amines) is 1. The van der Waals surface area contributed by atoms with E-state index in [1.807, 2.05) is 48.2 Å². The Balaban J connectivity index is 1.56. The first kappa shape index (κ1) is 19.4. The fourth-order valence-corrected chi connectivity index (χ4v) is 4.02. The van der Waals surface area contributed by atoms with Gasteiger partial charge in [0.25, 0.3) is 0 Å². The quantitative estimate of drug-likeness (QED) is 0.615. The molecule has 0 aliphatic carbocycles. The fourth-order valence-electron chi connectivity index (χ4n) is 4.02. The van der Waals surface area contributed by atoms with E-state index in [1.165, 1.54) is 0 Å². The normalized spacial score (nSPS) is 16.8. The Morgan fingerprint density at radius 2 is 1.97 bits per heavy atom. The van der Waals surface area contributed by atoms with E-state index in [0.717, 1.165) is 47.7 Å². The van der Waals surface area contributed by atoms with Gasteiger partial charge < -0.3 is 9.42 Å². The molecule has 1 saturated heterocycles. The van der Waals surface area contributed by atoms with E-state index < -0.39 is 0 Å². The molecule has 5 nitrogen and oxygen atoms in total. The predicted molar refractivity (Wildman–Crippen MR) is 114 cm³/mol. The third kappa shape index (κ3) is 4.57. The molecule has 1 atom stereocenters. The van der Waals surface area contributed by atoms with E-state index in [4.69, 9.17) is 4.52 Å². The SMILES string of the molecule is Cc1cccc(N(Cc2ccccc2)C(=O)CN2CCCC2c2cc(C)no2)c1. The van der Waals surface area contributed by atoms with E-state index in [2.05, 4.69) is 41.2 Å². The standard InChI is InChI=1S/C24H27N3O2/c1-18-8-6-11-21(14-18)27(16-20-9-4-3-5-10-20)24(28)17-26-13-7-12-22(26)23-15-19(2)25-29-23/h3-6,8-11,14-15,22H,7,12-13,16-17H2,1-2H3. The highest BCUT2D eigenvalue weighted by atomic mass is 16.5. The molecule has 1 unspecified atom stereocenters. The van der Waals surface area contributed by atoms with Crippen LogP contribution in [0.25, 0.3) is 0 Å². The fraction of sp³-hybridized carbons (Fsp3) is 0.333. The Bertz CT molecular complexity index is 967. The van der Waals surface area contributed by atoms with Crippen LogP contribution in [-0.4, -0.2) is 29.1 Å². The third-order valence-electron chi connectivity index (χ3n) is 5.47. The number of benzene rings is 2. The number of hydrogen-bond acceptors (Lipinski definition) is 4. The van der Waals surface area contributed by atoms with Crippen LogP contribution >= 0.6 is 0 Å². The number of amides is 1. The van der Waals surface area contributed by atoms with Crippen molar-refractivity contribution in [2.45, 2.75) is 39.3 Å². The summed E-state index contributed by atoms with van der Waals surface area (Å²) in [7, 11) is 0. The second-order valence-corrected chi connectivity index (χ2v) is 7.80. The largest absolute Gasteiger partial charge is 0.359 e. The van der Waals surface area contributed by atoms with E-state index in [9.17, 15) is 4.79 Å². The van der Waals surface area contributed by atoms with Crippen LogP contribution in [0.3, 0.4) is 0 Å². The molecule has 4 rings (SSSR count). The summed E-state index contributed by atoms with van der Waals surface area (Å²) in [5.74, 6) is 0.959. The summed E-state index contributed by atoms with van der Waals surface area (Å²) in [6.07, 6.45) is 2.05.